The first-order chi connectivity index (χ1) is 20.6. The average Bonchev–Trinajstić information content (AvgIpc) is 3.00. The zero-order chi connectivity index (χ0) is 30.3. The molecular formula is C40H64N2Ni. The quantitative estimate of drug-likeness (QED) is 0.0626. The van der Waals surface area contributed by atoms with Gasteiger partial charge in [-0.15, -0.1) is 0 Å². The van der Waals surface area contributed by atoms with Gasteiger partial charge in [-0.3, -0.25) is 9.98 Å². The van der Waals surface area contributed by atoms with Crippen molar-refractivity contribution < 1.29 is 16.5 Å². The molecule has 0 radical (unpaired) electrons. The summed E-state index contributed by atoms with van der Waals surface area (Å²) in [6.07, 6.45) is 28.2. The summed E-state index contributed by atoms with van der Waals surface area (Å²) in [5, 5.41) is 0. The number of aliphatic imine (C=N–C) groups is 2. The van der Waals surface area contributed by atoms with Gasteiger partial charge in [-0.05, 0) is 111 Å². The molecule has 0 N–H and O–H groups in total. The molecule has 2 aromatic carbocycles. The van der Waals surface area contributed by atoms with E-state index in [1.54, 1.807) is 0 Å². The minimum Gasteiger partial charge on any atom is -0.255 e. The second-order valence-corrected chi connectivity index (χ2v) is 12.4. The molecule has 0 aliphatic carbocycles. The fraction of sp³-hybridized carbons (Fsp3) is 0.650. The number of nitrogens with zero attached hydrogens (tertiary/aromatic N) is 2. The SMILES string of the molecule is CCCCCCC(C=Nc1ccc(CCCCC)c(CCCCC)c1)=Nc1ccc(CCCCC)c(CCCCC)c1.[Ni]. The van der Waals surface area contributed by atoms with E-state index in [2.05, 4.69) is 77.2 Å². The average molecular weight is 632 g/mol. The summed E-state index contributed by atoms with van der Waals surface area (Å²) in [4.78, 5) is 10.2. The van der Waals surface area contributed by atoms with Crippen molar-refractivity contribution in [2.24, 2.45) is 9.98 Å². The smallest absolute Gasteiger partial charge is 0.0636 e. The van der Waals surface area contributed by atoms with Crippen molar-refractivity contribution in [3.63, 3.8) is 0 Å². The van der Waals surface area contributed by atoms with Gasteiger partial charge in [0, 0.05) is 22.7 Å². The van der Waals surface area contributed by atoms with Gasteiger partial charge in [0.15, 0.2) is 0 Å². The van der Waals surface area contributed by atoms with Crippen molar-refractivity contribution >= 4 is 23.3 Å². The molecule has 0 amide bonds. The molecule has 3 heteroatoms. The van der Waals surface area contributed by atoms with Gasteiger partial charge in [-0.25, -0.2) is 0 Å². The van der Waals surface area contributed by atoms with E-state index < -0.39 is 0 Å². The van der Waals surface area contributed by atoms with Crippen LogP contribution in [-0.2, 0) is 42.2 Å². The molecule has 0 aromatic heterocycles. The molecule has 2 nitrogen and oxygen atoms in total. The Balaban J connectivity index is 0.00000924. The Morgan fingerprint density at radius 2 is 0.907 bits per heavy atom. The standard InChI is InChI=1S/C40H64N2.Ni/c1-6-11-16-21-26-40(42-39-30-28-35(23-18-13-8-3)37(32-39)25-20-15-10-5)33-41-38-29-27-34(22-17-12-7-2)36(31-38)24-19-14-9-4;/h27-33H,6-26H2,1-5H3;. The number of aryl methyl sites for hydroxylation is 4. The monoisotopic (exact) mass is 630 g/mol. The summed E-state index contributed by atoms with van der Waals surface area (Å²) in [6, 6.07) is 13.9. The normalized spacial score (nSPS) is 11.8. The molecule has 43 heavy (non-hydrogen) atoms. The summed E-state index contributed by atoms with van der Waals surface area (Å²) < 4.78 is 0. The molecule has 0 saturated heterocycles. The molecule has 2 aromatic rings. The Morgan fingerprint density at radius 1 is 0.488 bits per heavy atom. The molecule has 0 aliphatic heterocycles. The van der Waals surface area contributed by atoms with Crippen LogP contribution in [0.2, 0.25) is 0 Å². The summed E-state index contributed by atoms with van der Waals surface area (Å²) in [5.74, 6) is 0. The van der Waals surface area contributed by atoms with E-state index >= 15 is 0 Å². The van der Waals surface area contributed by atoms with Crippen molar-refractivity contribution in [3.8, 4) is 0 Å². The molecule has 0 heterocycles. The van der Waals surface area contributed by atoms with Gasteiger partial charge in [0.05, 0.1) is 17.1 Å². The van der Waals surface area contributed by atoms with Crippen LogP contribution in [0.25, 0.3) is 0 Å². The third-order valence-electron chi connectivity index (χ3n) is 8.50. The molecule has 0 bridgehead atoms. The Hall–Kier alpha value is -1.73. The Morgan fingerprint density at radius 3 is 1.40 bits per heavy atom. The van der Waals surface area contributed by atoms with Gasteiger partial charge in [-0.2, -0.15) is 0 Å². The van der Waals surface area contributed by atoms with E-state index in [0.29, 0.717) is 0 Å². The van der Waals surface area contributed by atoms with Crippen molar-refractivity contribution in [2.45, 2.75) is 169 Å². The molecule has 0 unspecified atom stereocenters. The fourth-order valence-corrected chi connectivity index (χ4v) is 5.79. The molecule has 0 aliphatic rings. The van der Waals surface area contributed by atoms with E-state index in [0.717, 1.165) is 23.5 Å². The third kappa shape index (κ3) is 16.8. The van der Waals surface area contributed by atoms with E-state index in [1.807, 2.05) is 0 Å². The summed E-state index contributed by atoms with van der Waals surface area (Å²) in [5.41, 5.74) is 9.37. The number of hydrogen-bond donors (Lipinski definition) is 0. The maximum atomic E-state index is 5.22. The van der Waals surface area contributed by atoms with Crippen LogP contribution in [0.3, 0.4) is 0 Å². The Kier molecular flexibility index (Phi) is 23.4. The van der Waals surface area contributed by atoms with E-state index in [4.69, 9.17) is 9.98 Å². The minimum atomic E-state index is 0. The fourth-order valence-electron chi connectivity index (χ4n) is 5.79. The van der Waals surface area contributed by atoms with Crippen molar-refractivity contribution in [2.75, 3.05) is 0 Å². The van der Waals surface area contributed by atoms with Gasteiger partial charge in [-0.1, -0.05) is 117 Å². The first kappa shape index (κ1) is 39.3. The van der Waals surface area contributed by atoms with Gasteiger partial charge in [0.1, 0.15) is 0 Å². The van der Waals surface area contributed by atoms with Crippen LogP contribution in [0.4, 0.5) is 11.4 Å². The van der Waals surface area contributed by atoms with Crippen molar-refractivity contribution in [3.05, 3.63) is 58.7 Å². The van der Waals surface area contributed by atoms with Gasteiger partial charge >= 0.3 is 0 Å². The number of benzene rings is 2. The number of unbranched alkanes of at least 4 members (excludes halogenated alkanes) is 11. The van der Waals surface area contributed by atoms with Crippen LogP contribution >= 0.6 is 0 Å². The van der Waals surface area contributed by atoms with E-state index in [1.165, 1.54) is 151 Å². The topological polar surface area (TPSA) is 24.7 Å². The number of hydrogen-bond acceptors (Lipinski definition) is 2. The van der Waals surface area contributed by atoms with Crippen LogP contribution < -0.4 is 0 Å². The van der Waals surface area contributed by atoms with Crippen LogP contribution in [0.15, 0.2) is 46.4 Å². The second-order valence-electron chi connectivity index (χ2n) is 12.4. The Labute approximate surface area is 277 Å². The van der Waals surface area contributed by atoms with E-state index in [9.17, 15) is 0 Å². The van der Waals surface area contributed by atoms with Crippen molar-refractivity contribution in [1.29, 1.82) is 0 Å². The molecule has 0 saturated carbocycles. The predicted molar refractivity (Wildman–Crippen MR) is 190 cm³/mol. The molecule has 0 spiro atoms. The van der Waals surface area contributed by atoms with Crippen LogP contribution in [-0.4, -0.2) is 11.9 Å². The molecule has 2 rings (SSSR count). The van der Waals surface area contributed by atoms with Gasteiger partial charge < -0.3 is 0 Å². The first-order valence-corrected chi connectivity index (χ1v) is 18.0. The summed E-state index contributed by atoms with van der Waals surface area (Å²) in [6.45, 7) is 11.4. The maximum Gasteiger partial charge on any atom is 0.0636 e. The van der Waals surface area contributed by atoms with Crippen LogP contribution in [0, 0.1) is 0 Å². The Bertz CT molecular complexity index is 1040. The molecular weight excluding hydrogens is 567 g/mol. The van der Waals surface area contributed by atoms with Crippen LogP contribution in [0.5, 0.6) is 0 Å². The summed E-state index contributed by atoms with van der Waals surface area (Å²) >= 11 is 0. The largest absolute Gasteiger partial charge is 0.255 e. The van der Waals surface area contributed by atoms with Gasteiger partial charge in [0.25, 0.3) is 0 Å². The molecule has 244 valence electrons. The zero-order valence-corrected chi connectivity index (χ0v) is 29.6. The molecule has 0 fully saturated rings. The second kappa shape index (κ2) is 25.6. The van der Waals surface area contributed by atoms with Gasteiger partial charge in [0.2, 0.25) is 0 Å². The minimum absolute atomic E-state index is 0. The first-order valence-electron chi connectivity index (χ1n) is 18.0. The summed E-state index contributed by atoms with van der Waals surface area (Å²) in [7, 11) is 0. The van der Waals surface area contributed by atoms with E-state index in [-0.39, 0.29) is 16.5 Å². The third-order valence-corrected chi connectivity index (χ3v) is 8.50. The van der Waals surface area contributed by atoms with Crippen molar-refractivity contribution in [1.82, 2.24) is 0 Å². The predicted octanol–water partition coefficient (Wildman–Crippen LogP) is 13.1. The zero-order valence-electron chi connectivity index (χ0n) is 28.6. The van der Waals surface area contributed by atoms with Crippen LogP contribution in [0.1, 0.15) is 166 Å². The number of rotatable bonds is 24. The molecule has 0 atom stereocenters. The maximum absolute atomic E-state index is 5.22.